The number of carbonyl (C=O) groups excluding carboxylic acids is 1. The first-order valence-corrected chi connectivity index (χ1v) is 7.76. The smallest absolute Gasteiger partial charge is 0.274 e. The monoisotopic (exact) mass is 368 g/mol. The molecule has 1 N–H and O–H groups in total. The van der Waals surface area contributed by atoms with E-state index in [0.717, 1.165) is 5.56 Å². The van der Waals surface area contributed by atoms with Gasteiger partial charge in [0.2, 0.25) is 0 Å². The van der Waals surface area contributed by atoms with Gasteiger partial charge in [-0.15, -0.1) is 12.4 Å². The lowest BCUT2D eigenvalue weighted by Crippen LogP contribution is -2.49. The molecule has 0 bridgehead atoms. The lowest BCUT2D eigenvalue weighted by atomic mass is 10.0. The zero-order chi connectivity index (χ0) is 16.4. The molecule has 1 aromatic carbocycles. The van der Waals surface area contributed by atoms with Gasteiger partial charge < -0.3 is 10.2 Å². The highest BCUT2D eigenvalue weighted by molar-refractivity contribution is 6.31. The Bertz CT molecular complexity index is 794. The van der Waals surface area contributed by atoms with Crippen LogP contribution in [0, 0.1) is 0 Å². The van der Waals surface area contributed by atoms with Crippen molar-refractivity contribution < 1.29 is 4.79 Å². The molecule has 128 valence electrons. The van der Waals surface area contributed by atoms with Crippen LogP contribution in [0.2, 0.25) is 5.02 Å². The molecule has 2 heterocycles. The first-order valence-electron chi connectivity index (χ1n) is 7.38. The fraction of sp³-hybridized carbons (Fsp3) is 0.312. The van der Waals surface area contributed by atoms with E-state index < -0.39 is 0 Å². The van der Waals surface area contributed by atoms with Crippen LogP contribution in [-0.2, 0) is 7.05 Å². The SMILES string of the molecule is Cl.Cn1nc(C(=O)N2CCNCC2c2ccccc2Cl)ccc1=O. The molecule has 1 saturated heterocycles. The number of aromatic nitrogens is 2. The van der Waals surface area contributed by atoms with Crippen LogP contribution < -0.4 is 10.9 Å². The van der Waals surface area contributed by atoms with E-state index in [0.29, 0.717) is 24.7 Å². The maximum Gasteiger partial charge on any atom is 0.274 e. The molecule has 1 unspecified atom stereocenters. The fourth-order valence-corrected chi connectivity index (χ4v) is 3.00. The quantitative estimate of drug-likeness (QED) is 0.874. The summed E-state index contributed by atoms with van der Waals surface area (Å²) in [4.78, 5) is 26.0. The van der Waals surface area contributed by atoms with Gasteiger partial charge >= 0.3 is 0 Å². The number of halogens is 2. The van der Waals surface area contributed by atoms with E-state index in [1.165, 1.54) is 23.9 Å². The minimum absolute atomic E-state index is 0. The summed E-state index contributed by atoms with van der Waals surface area (Å²) in [6, 6.07) is 10.2. The third kappa shape index (κ3) is 3.61. The molecule has 0 saturated carbocycles. The van der Waals surface area contributed by atoms with Gasteiger partial charge in [0.1, 0.15) is 5.69 Å². The number of aryl methyl sites for hydroxylation is 1. The van der Waals surface area contributed by atoms with E-state index >= 15 is 0 Å². The van der Waals surface area contributed by atoms with Crippen LogP contribution in [0.1, 0.15) is 22.1 Å². The first-order chi connectivity index (χ1) is 11.1. The molecule has 3 rings (SSSR count). The Morgan fingerprint density at radius 3 is 2.75 bits per heavy atom. The minimum atomic E-state index is -0.246. The third-order valence-corrected chi connectivity index (χ3v) is 4.29. The van der Waals surface area contributed by atoms with Gasteiger partial charge in [0.15, 0.2) is 0 Å². The number of amides is 1. The highest BCUT2D eigenvalue weighted by atomic mass is 35.5. The summed E-state index contributed by atoms with van der Waals surface area (Å²) >= 11 is 6.29. The molecule has 1 aliphatic rings. The van der Waals surface area contributed by atoms with Crippen LogP contribution in [0.4, 0.5) is 0 Å². The molecule has 1 fully saturated rings. The van der Waals surface area contributed by atoms with E-state index in [9.17, 15) is 9.59 Å². The average molecular weight is 369 g/mol. The molecule has 8 heteroatoms. The number of hydrogen-bond donors (Lipinski definition) is 1. The van der Waals surface area contributed by atoms with Gasteiger partial charge in [0, 0.05) is 37.8 Å². The Balaban J connectivity index is 0.00000208. The van der Waals surface area contributed by atoms with Gasteiger partial charge in [-0.3, -0.25) is 9.59 Å². The second-order valence-electron chi connectivity index (χ2n) is 5.42. The van der Waals surface area contributed by atoms with Gasteiger partial charge in [-0.25, -0.2) is 4.68 Å². The average Bonchev–Trinajstić information content (AvgIpc) is 2.57. The van der Waals surface area contributed by atoms with Gasteiger partial charge in [-0.05, 0) is 17.7 Å². The Morgan fingerprint density at radius 2 is 2.04 bits per heavy atom. The van der Waals surface area contributed by atoms with E-state index in [2.05, 4.69) is 10.4 Å². The van der Waals surface area contributed by atoms with Crippen LogP contribution in [0.5, 0.6) is 0 Å². The van der Waals surface area contributed by atoms with Gasteiger partial charge in [-0.2, -0.15) is 5.10 Å². The van der Waals surface area contributed by atoms with Crippen molar-refractivity contribution in [1.29, 1.82) is 0 Å². The maximum absolute atomic E-state index is 12.8. The van der Waals surface area contributed by atoms with Crippen molar-refractivity contribution >= 4 is 29.9 Å². The molecule has 1 aliphatic heterocycles. The van der Waals surface area contributed by atoms with Gasteiger partial charge in [0.05, 0.1) is 6.04 Å². The number of hydrogen-bond acceptors (Lipinski definition) is 4. The minimum Gasteiger partial charge on any atom is -0.328 e. The van der Waals surface area contributed by atoms with Crippen LogP contribution in [0.15, 0.2) is 41.2 Å². The summed E-state index contributed by atoms with van der Waals surface area (Å²) in [5, 5.41) is 7.98. The van der Waals surface area contributed by atoms with Crippen molar-refractivity contribution in [2.24, 2.45) is 7.05 Å². The molecule has 1 atom stereocenters. The molecular formula is C16H18Cl2N4O2. The predicted molar refractivity (Wildman–Crippen MR) is 94.8 cm³/mol. The topological polar surface area (TPSA) is 67.2 Å². The van der Waals surface area contributed by atoms with E-state index in [-0.39, 0.29) is 35.6 Å². The van der Waals surface area contributed by atoms with Crippen molar-refractivity contribution in [2.75, 3.05) is 19.6 Å². The van der Waals surface area contributed by atoms with Crippen molar-refractivity contribution in [2.45, 2.75) is 6.04 Å². The van der Waals surface area contributed by atoms with Crippen LogP contribution >= 0.6 is 24.0 Å². The second kappa shape index (κ2) is 7.79. The Morgan fingerprint density at radius 1 is 1.29 bits per heavy atom. The highest BCUT2D eigenvalue weighted by Gasteiger charge is 2.30. The summed E-state index contributed by atoms with van der Waals surface area (Å²) in [5.74, 6) is -0.202. The first kappa shape index (κ1) is 18.4. The maximum atomic E-state index is 12.8. The summed E-state index contributed by atoms with van der Waals surface area (Å²) < 4.78 is 1.17. The lowest BCUT2D eigenvalue weighted by molar-refractivity contribution is 0.0625. The van der Waals surface area contributed by atoms with Gasteiger partial charge in [0.25, 0.3) is 11.5 Å². The van der Waals surface area contributed by atoms with Crippen molar-refractivity contribution in [3.63, 3.8) is 0 Å². The van der Waals surface area contributed by atoms with E-state index in [1.807, 2.05) is 24.3 Å². The number of benzene rings is 1. The zero-order valence-electron chi connectivity index (χ0n) is 13.1. The van der Waals surface area contributed by atoms with E-state index in [4.69, 9.17) is 11.6 Å². The van der Waals surface area contributed by atoms with Crippen molar-refractivity contribution in [3.8, 4) is 0 Å². The molecule has 0 aliphatic carbocycles. The molecule has 0 spiro atoms. The van der Waals surface area contributed by atoms with Gasteiger partial charge in [-0.1, -0.05) is 29.8 Å². The number of nitrogens with zero attached hydrogens (tertiary/aromatic N) is 3. The number of rotatable bonds is 2. The Labute approximate surface area is 150 Å². The highest BCUT2D eigenvalue weighted by Crippen LogP contribution is 2.29. The molecule has 6 nitrogen and oxygen atoms in total. The largest absolute Gasteiger partial charge is 0.328 e. The molecule has 0 radical (unpaired) electrons. The van der Waals surface area contributed by atoms with Crippen molar-refractivity contribution in [3.05, 3.63) is 63.0 Å². The lowest BCUT2D eigenvalue weighted by Gasteiger charge is -2.36. The molecule has 2 aromatic rings. The fourth-order valence-electron chi connectivity index (χ4n) is 2.73. The standard InChI is InChI=1S/C16H17ClN4O2.ClH/c1-20-15(22)7-6-13(19-20)16(23)21-9-8-18-10-14(21)11-4-2-3-5-12(11)17;/h2-7,14,18H,8-10H2,1H3;1H. The number of carbonyl (C=O) groups is 1. The van der Waals surface area contributed by atoms with Crippen LogP contribution in [0.3, 0.4) is 0 Å². The molecule has 24 heavy (non-hydrogen) atoms. The number of piperazine rings is 1. The Hall–Kier alpha value is -1.89. The van der Waals surface area contributed by atoms with Crippen LogP contribution in [-0.4, -0.2) is 40.2 Å². The number of nitrogens with one attached hydrogen (secondary N) is 1. The second-order valence-corrected chi connectivity index (χ2v) is 5.83. The zero-order valence-corrected chi connectivity index (χ0v) is 14.7. The Kier molecular flexibility index (Phi) is 5.99. The van der Waals surface area contributed by atoms with Crippen LogP contribution in [0.25, 0.3) is 0 Å². The third-order valence-electron chi connectivity index (χ3n) is 3.95. The molecule has 1 aromatic heterocycles. The predicted octanol–water partition coefficient (Wildman–Crippen LogP) is 1.64. The van der Waals surface area contributed by atoms with Crippen molar-refractivity contribution in [1.82, 2.24) is 20.0 Å². The molecule has 1 amide bonds. The molecular weight excluding hydrogens is 351 g/mol. The summed E-state index contributed by atoms with van der Waals surface area (Å²) in [6.45, 7) is 1.89. The summed E-state index contributed by atoms with van der Waals surface area (Å²) in [5.41, 5.74) is 0.912. The summed E-state index contributed by atoms with van der Waals surface area (Å²) in [7, 11) is 1.53. The normalized spacial score (nSPS) is 17.2. The summed E-state index contributed by atoms with van der Waals surface area (Å²) in [6.07, 6.45) is 0. The van der Waals surface area contributed by atoms with E-state index in [1.54, 1.807) is 4.90 Å².